The Morgan fingerprint density at radius 1 is 1.53 bits per heavy atom. The first-order chi connectivity index (χ1) is 8.88. The van der Waals surface area contributed by atoms with Crippen molar-refractivity contribution in [2.45, 2.75) is 19.9 Å². The largest absolute Gasteiger partial charge is 0.388 e. The minimum absolute atomic E-state index is 0.0210. The molecule has 0 aromatic carbocycles. The molecule has 1 fully saturated rings. The van der Waals surface area contributed by atoms with Crippen molar-refractivity contribution in [3.8, 4) is 0 Å². The molecule has 1 aromatic heterocycles. The molecular formula is C11H13N5O2S. The number of imide groups is 1. The fourth-order valence-electron chi connectivity index (χ4n) is 1.77. The SMILES string of the molecule is Cc1cc(C(N)=S)nc(N2CC(=O)NC(=O)C2C)n1. The number of thiocarbonyl (C=S) groups is 1. The van der Waals surface area contributed by atoms with E-state index in [1.165, 1.54) is 4.90 Å². The van der Waals surface area contributed by atoms with Crippen LogP contribution in [0.5, 0.6) is 0 Å². The zero-order chi connectivity index (χ0) is 14.2. The molecular weight excluding hydrogens is 266 g/mol. The summed E-state index contributed by atoms with van der Waals surface area (Å²) in [5, 5.41) is 2.26. The molecule has 2 heterocycles. The van der Waals surface area contributed by atoms with Gasteiger partial charge in [-0.05, 0) is 19.9 Å². The average Bonchev–Trinajstić information content (AvgIpc) is 2.32. The molecule has 0 radical (unpaired) electrons. The summed E-state index contributed by atoms with van der Waals surface area (Å²) in [6.07, 6.45) is 0. The highest BCUT2D eigenvalue weighted by atomic mass is 32.1. The van der Waals surface area contributed by atoms with Gasteiger partial charge in [-0.3, -0.25) is 14.9 Å². The Bertz CT molecular complexity index is 574. The number of hydrogen-bond donors (Lipinski definition) is 2. The Morgan fingerprint density at radius 2 is 2.21 bits per heavy atom. The van der Waals surface area contributed by atoms with Crippen LogP contribution in [0.4, 0.5) is 5.95 Å². The minimum atomic E-state index is -0.529. The molecule has 1 aromatic rings. The molecule has 8 heteroatoms. The van der Waals surface area contributed by atoms with E-state index in [1.54, 1.807) is 19.9 Å². The summed E-state index contributed by atoms with van der Waals surface area (Å²) >= 11 is 4.88. The third-order valence-electron chi connectivity index (χ3n) is 2.78. The van der Waals surface area contributed by atoms with E-state index in [9.17, 15) is 9.59 Å². The second kappa shape index (κ2) is 4.88. The number of nitrogens with two attached hydrogens (primary N) is 1. The molecule has 2 amide bonds. The van der Waals surface area contributed by atoms with Gasteiger partial charge in [0.05, 0.1) is 0 Å². The lowest BCUT2D eigenvalue weighted by molar-refractivity contribution is -0.132. The van der Waals surface area contributed by atoms with Crippen LogP contribution in [-0.4, -0.2) is 39.4 Å². The molecule has 1 unspecified atom stereocenters. The van der Waals surface area contributed by atoms with E-state index in [1.807, 2.05) is 0 Å². The fraction of sp³-hybridized carbons (Fsp3) is 0.364. The Kier molecular flexibility index (Phi) is 3.43. The fourth-order valence-corrected chi connectivity index (χ4v) is 1.87. The number of carbonyl (C=O) groups excluding carboxylic acids is 2. The lowest BCUT2D eigenvalue weighted by atomic mass is 10.2. The molecule has 1 aliphatic heterocycles. The van der Waals surface area contributed by atoms with Gasteiger partial charge in [-0.25, -0.2) is 9.97 Å². The van der Waals surface area contributed by atoms with E-state index in [0.29, 0.717) is 11.4 Å². The standard InChI is InChI=1S/C11H13N5O2S/c1-5-3-7(9(12)19)14-11(13-5)16-4-8(17)15-10(18)6(16)2/h3,6H,4H2,1-2H3,(H2,12,19)(H,15,17,18). The van der Waals surface area contributed by atoms with E-state index in [-0.39, 0.29) is 29.3 Å². The maximum Gasteiger partial charge on any atom is 0.249 e. The highest BCUT2D eigenvalue weighted by Crippen LogP contribution is 2.15. The summed E-state index contributed by atoms with van der Waals surface area (Å²) in [5.41, 5.74) is 6.63. The summed E-state index contributed by atoms with van der Waals surface area (Å²) < 4.78 is 0. The number of aromatic nitrogens is 2. The summed E-state index contributed by atoms with van der Waals surface area (Å²) in [4.78, 5) is 33.1. The summed E-state index contributed by atoms with van der Waals surface area (Å²) in [7, 11) is 0. The predicted molar refractivity (Wildman–Crippen MR) is 72.6 cm³/mol. The third kappa shape index (κ3) is 2.68. The summed E-state index contributed by atoms with van der Waals surface area (Å²) in [5.74, 6) is -0.484. The van der Waals surface area contributed by atoms with Crippen LogP contribution in [-0.2, 0) is 9.59 Å². The molecule has 1 aliphatic rings. The monoisotopic (exact) mass is 279 g/mol. The van der Waals surface area contributed by atoms with Crippen molar-refractivity contribution in [1.29, 1.82) is 0 Å². The third-order valence-corrected chi connectivity index (χ3v) is 2.98. The van der Waals surface area contributed by atoms with Crippen molar-refractivity contribution in [2.24, 2.45) is 5.73 Å². The number of nitrogens with one attached hydrogen (secondary N) is 1. The van der Waals surface area contributed by atoms with Gasteiger partial charge >= 0.3 is 0 Å². The number of piperazine rings is 1. The Labute approximate surface area is 115 Å². The lowest BCUT2D eigenvalue weighted by Gasteiger charge is -2.31. The van der Waals surface area contributed by atoms with Crippen molar-refractivity contribution >= 4 is 35.0 Å². The first-order valence-electron chi connectivity index (χ1n) is 5.64. The van der Waals surface area contributed by atoms with Crippen molar-refractivity contribution < 1.29 is 9.59 Å². The highest BCUT2D eigenvalue weighted by molar-refractivity contribution is 7.80. The van der Waals surface area contributed by atoms with Crippen LogP contribution in [0.1, 0.15) is 18.3 Å². The zero-order valence-electron chi connectivity index (χ0n) is 10.5. The molecule has 19 heavy (non-hydrogen) atoms. The number of amides is 2. The second-order valence-electron chi connectivity index (χ2n) is 4.28. The van der Waals surface area contributed by atoms with E-state index in [0.717, 1.165) is 0 Å². The van der Waals surface area contributed by atoms with Crippen LogP contribution in [0, 0.1) is 6.92 Å². The minimum Gasteiger partial charge on any atom is -0.388 e. The van der Waals surface area contributed by atoms with Gasteiger partial charge in [0, 0.05) is 5.69 Å². The van der Waals surface area contributed by atoms with Crippen LogP contribution >= 0.6 is 12.2 Å². The molecule has 100 valence electrons. The van der Waals surface area contributed by atoms with Crippen LogP contribution < -0.4 is 16.0 Å². The van der Waals surface area contributed by atoms with Crippen molar-refractivity contribution in [3.05, 3.63) is 17.5 Å². The maximum absolute atomic E-state index is 11.6. The molecule has 7 nitrogen and oxygen atoms in total. The first-order valence-corrected chi connectivity index (χ1v) is 6.05. The number of rotatable bonds is 2. The normalized spacial score (nSPS) is 19.3. The zero-order valence-corrected chi connectivity index (χ0v) is 11.3. The van der Waals surface area contributed by atoms with Crippen molar-refractivity contribution in [3.63, 3.8) is 0 Å². The molecule has 0 aliphatic carbocycles. The average molecular weight is 279 g/mol. The number of carbonyl (C=O) groups is 2. The van der Waals surface area contributed by atoms with Gasteiger partial charge < -0.3 is 10.6 Å². The number of anilines is 1. The highest BCUT2D eigenvalue weighted by Gasteiger charge is 2.32. The van der Waals surface area contributed by atoms with Gasteiger partial charge in [0.25, 0.3) is 0 Å². The molecule has 1 saturated heterocycles. The Hall–Kier alpha value is -2.09. The number of nitrogens with zero attached hydrogens (tertiary/aromatic N) is 3. The quantitative estimate of drug-likeness (QED) is 0.543. The summed E-state index contributed by atoms with van der Waals surface area (Å²) in [6.45, 7) is 3.46. The Morgan fingerprint density at radius 3 is 2.84 bits per heavy atom. The molecule has 0 bridgehead atoms. The van der Waals surface area contributed by atoms with Gasteiger partial charge in [0.15, 0.2) is 0 Å². The van der Waals surface area contributed by atoms with Crippen LogP contribution in [0.2, 0.25) is 0 Å². The maximum atomic E-state index is 11.6. The van der Waals surface area contributed by atoms with Crippen LogP contribution in [0.15, 0.2) is 6.07 Å². The number of aryl methyl sites for hydroxylation is 1. The molecule has 3 N–H and O–H groups in total. The van der Waals surface area contributed by atoms with Crippen molar-refractivity contribution in [1.82, 2.24) is 15.3 Å². The molecule has 2 rings (SSSR count). The van der Waals surface area contributed by atoms with Crippen molar-refractivity contribution in [2.75, 3.05) is 11.4 Å². The molecule has 1 atom stereocenters. The van der Waals surface area contributed by atoms with Crippen LogP contribution in [0.25, 0.3) is 0 Å². The topological polar surface area (TPSA) is 101 Å². The van der Waals surface area contributed by atoms with Crippen LogP contribution in [0.3, 0.4) is 0 Å². The van der Waals surface area contributed by atoms with E-state index in [2.05, 4.69) is 15.3 Å². The van der Waals surface area contributed by atoms with Gasteiger partial charge in [-0.1, -0.05) is 12.2 Å². The van der Waals surface area contributed by atoms with E-state index in [4.69, 9.17) is 18.0 Å². The molecule has 0 spiro atoms. The first kappa shape index (κ1) is 13.3. The van der Waals surface area contributed by atoms with Gasteiger partial charge in [0.2, 0.25) is 17.8 Å². The van der Waals surface area contributed by atoms with Gasteiger partial charge in [0.1, 0.15) is 23.3 Å². The Balaban J connectivity index is 2.42. The lowest BCUT2D eigenvalue weighted by Crippen LogP contribution is -2.57. The second-order valence-corrected chi connectivity index (χ2v) is 4.71. The van der Waals surface area contributed by atoms with E-state index >= 15 is 0 Å². The molecule has 0 saturated carbocycles. The summed E-state index contributed by atoms with van der Waals surface area (Å²) in [6, 6.07) is 1.13. The van der Waals surface area contributed by atoms with E-state index < -0.39 is 6.04 Å². The van der Waals surface area contributed by atoms with Gasteiger partial charge in [-0.2, -0.15) is 0 Å². The smallest absolute Gasteiger partial charge is 0.249 e. The van der Waals surface area contributed by atoms with Gasteiger partial charge in [-0.15, -0.1) is 0 Å². The predicted octanol–water partition coefficient (Wildman–Crippen LogP) is -0.729. The number of hydrogen-bond acceptors (Lipinski definition) is 6.